The second-order valence-electron chi connectivity index (χ2n) is 4.03. The van der Waals surface area contributed by atoms with Gasteiger partial charge in [-0.05, 0) is 31.2 Å². The zero-order valence-electron chi connectivity index (χ0n) is 10.9. The van der Waals surface area contributed by atoms with E-state index in [4.69, 9.17) is 13.6 Å². The summed E-state index contributed by atoms with van der Waals surface area (Å²) in [5.41, 5.74) is -2.05. The smallest absolute Gasteiger partial charge is 0.240 e. The molecule has 0 fully saturated rings. The van der Waals surface area contributed by atoms with Crippen LogP contribution >= 0.6 is 0 Å². The number of ether oxygens (including phenoxy) is 1. The second kappa shape index (κ2) is 5.85. The molecule has 0 aliphatic rings. The van der Waals surface area contributed by atoms with Gasteiger partial charge < -0.3 is 18.7 Å². The standard InChI is InChI=1S/C14H14O6/c1-2-20-14(9-15,12(16)10-5-3-7-18-10)13(17)11-6-4-8-19-11/h3-8,15H,2,9H2,1H3. The van der Waals surface area contributed by atoms with E-state index >= 15 is 0 Å². The van der Waals surface area contributed by atoms with Gasteiger partial charge in [0.1, 0.15) is 0 Å². The third kappa shape index (κ3) is 2.31. The third-order valence-electron chi connectivity index (χ3n) is 2.84. The fraction of sp³-hybridized carbons (Fsp3) is 0.286. The van der Waals surface area contributed by atoms with Gasteiger partial charge in [0.25, 0.3) is 0 Å². The van der Waals surface area contributed by atoms with Gasteiger partial charge in [0.15, 0.2) is 11.5 Å². The Kier molecular flexibility index (Phi) is 4.16. The van der Waals surface area contributed by atoms with E-state index in [-0.39, 0.29) is 18.1 Å². The van der Waals surface area contributed by atoms with E-state index in [1.807, 2.05) is 0 Å². The first-order valence-electron chi connectivity index (χ1n) is 6.07. The minimum atomic E-state index is -2.05. The lowest BCUT2D eigenvalue weighted by Crippen LogP contribution is -2.52. The molecule has 6 nitrogen and oxygen atoms in total. The summed E-state index contributed by atoms with van der Waals surface area (Å²) < 4.78 is 15.3. The lowest BCUT2D eigenvalue weighted by Gasteiger charge is -2.26. The van der Waals surface area contributed by atoms with E-state index in [0.29, 0.717) is 0 Å². The molecular formula is C14H14O6. The maximum absolute atomic E-state index is 12.4. The van der Waals surface area contributed by atoms with Crippen LogP contribution in [0.4, 0.5) is 0 Å². The first-order chi connectivity index (χ1) is 9.65. The van der Waals surface area contributed by atoms with Crippen LogP contribution in [0.2, 0.25) is 0 Å². The van der Waals surface area contributed by atoms with Gasteiger partial charge in [0, 0.05) is 6.61 Å². The number of Topliss-reactive ketones (excluding diaryl/α,β-unsaturated/α-hetero) is 2. The molecule has 0 unspecified atom stereocenters. The molecule has 0 bridgehead atoms. The van der Waals surface area contributed by atoms with Crippen molar-refractivity contribution in [2.45, 2.75) is 12.5 Å². The highest BCUT2D eigenvalue weighted by Crippen LogP contribution is 2.24. The Bertz CT molecular complexity index is 521. The quantitative estimate of drug-likeness (QED) is 0.612. The van der Waals surface area contributed by atoms with Crippen LogP contribution in [-0.2, 0) is 4.74 Å². The van der Waals surface area contributed by atoms with Crippen LogP contribution < -0.4 is 0 Å². The summed E-state index contributed by atoms with van der Waals surface area (Å²) in [6.07, 6.45) is 2.61. The van der Waals surface area contributed by atoms with E-state index in [1.54, 1.807) is 6.92 Å². The molecule has 0 saturated carbocycles. The van der Waals surface area contributed by atoms with Crippen LogP contribution in [0.15, 0.2) is 45.6 Å². The molecule has 0 aliphatic carbocycles. The number of hydrogen-bond acceptors (Lipinski definition) is 6. The van der Waals surface area contributed by atoms with Crippen molar-refractivity contribution in [1.82, 2.24) is 0 Å². The molecular weight excluding hydrogens is 264 g/mol. The summed E-state index contributed by atoms with van der Waals surface area (Å²) in [6, 6.07) is 5.83. The topological polar surface area (TPSA) is 89.9 Å². The summed E-state index contributed by atoms with van der Waals surface area (Å²) in [4.78, 5) is 24.9. The predicted octanol–water partition coefficient (Wildman–Crippen LogP) is 1.71. The normalized spacial score (nSPS) is 11.5. The third-order valence-corrected chi connectivity index (χ3v) is 2.84. The Morgan fingerprint density at radius 2 is 1.65 bits per heavy atom. The van der Waals surface area contributed by atoms with E-state index in [0.717, 1.165) is 0 Å². The molecule has 1 N–H and O–H groups in total. The van der Waals surface area contributed by atoms with Gasteiger partial charge in [-0.3, -0.25) is 9.59 Å². The summed E-state index contributed by atoms with van der Waals surface area (Å²) in [5, 5.41) is 9.60. The van der Waals surface area contributed by atoms with Crippen molar-refractivity contribution < 1.29 is 28.3 Å². The van der Waals surface area contributed by atoms with Gasteiger partial charge in [-0.2, -0.15) is 0 Å². The molecule has 0 saturated heterocycles. The van der Waals surface area contributed by atoms with E-state index in [9.17, 15) is 14.7 Å². The molecule has 2 rings (SSSR count). The molecule has 20 heavy (non-hydrogen) atoms. The van der Waals surface area contributed by atoms with Gasteiger partial charge in [0.2, 0.25) is 17.2 Å². The monoisotopic (exact) mass is 278 g/mol. The minimum absolute atomic E-state index is 0.0626. The number of hydrogen-bond donors (Lipinski definition) is 1. The molecule has 0 amide bonds. The molecule has 0 atom stereocenters. The first-order valence-corrected chi connectivity index (χ1v) is 6.07. The van der Waals surface area contributed by atoms with Crippen molar-refractivity contribution in [2.75, 3.05) is 13.2 Å². The molecule has 0 aromatic carbocycles. The largest absolute Gasteiger partial charge is 0.461 e. The lowest BCUT2D eigenvalue weighted by molar-refractivity contribution is -0.0359. The average Bonchev–Trinajstić information content (AvgIpc) is 3.16. The van der Waals surface area contributed by atoms with Crippen molar-refractivity contribution in [1.29, 1.82) is 0 Å². The number of furan rings is 2. The second-order valence-corrected chi connectivity index (χ2v) is 4.03. The van der Waals surface area contributed by atoms with Crippen molar-refractivity contribution in [3.05, 3.63) is 48.3 Å². The Hall–Kier alpha value is -2.18. The molecule has 2 aromatic heterocycles. The number of carbonyl (C=O) groups is 2. The van der Waals surface area contributed by atoms with Crippen LogP contribution in [0.3, 0.4) is 0 Å². The lowest BCUT2D eigenvalue weighted by atomic mass is 9.90. The highest BCUT2D eigenvalue weighted by Gasteiger charge is 2.49. The Morgan fingerprint density at radius 1 is 1.15 bits per heavy atom. The summed E-state index contributed by atoms with van der Waals surface area (Å²) in [7, 11) is 0. The van der Waals surface area contributed by atoms with Crippen LogP contribution in [0.25, 0.3) is 0 Å². The fourth-order valence-corrected chi connectivity index (χ4v) is 1.88. The zero-order valence-corrected chi connectivity index (χ0v) is 10.9. The van der Waals surface area contributed by atoms with Crippen LogP contribution in [0.5, 0.6) is 0 Å². The Labute approximate surface area is 114 Å². The zero-order chi connectivity index (χ0) is 14.6. The molecule has 2 heterocycles. The fourth-order valence-electron chi connectivity index (χ4n) is 1.88. The Balaban J connectivity index is 2.44. The molecule has 6 heteroatoms. The van der Waals surface area contributed by atoms with Gasteiger partial charge in [-0.1, -0.05) is 0 Å². The Morgan fingerprint density at radius 3 is 1.95 bits per heavy atom. The van der Waals surface area contributed by atoms with Gasteiger partial charge in [-0.25, -0.2) is 0 Å². The summed E-state index contributed by atoms with van der Waals surface area (Å²) in [6.45, 7) is 0.884. The first kappa shape index (κ1) is 14.2. The molecule has 2 aromatic rings. The molecule has 106 valence electrons. The van der Waals surface area contributed by atoms with Gasteiger partial charge >= 0.3 is 0 Å². The highest BCUT2D eigenvalue weighted by atomic mass is 16.5. The SMILES string of the molecule is CCOC(CO)(C(=O)c1ccco1)C(=O)c1ccco1. The summed E-state index contributed by atoms with van der Waals surface area (Å²) >= 11 is 0. The number of aliphatic hydroxyl groups is 1. The maximum Gasteiger partial charge on any atom is 0.240 e. The molecule has 0 spiro atoms. The average molecular weight is 278 g/mol. The van der Waals surface area contributed by atoms with Crippen LogP contribution in [0, 0.1) is 0 Å². The van der Waals surface area contributed by atoms with E-state index in [2.05, 4.69) is 0 Å². The minimum Gasteiger partial charge on any atom is -0.461 e. The predicted molar refractivity (Wildman–Crippen MR) is 67.5 cm³/mol. The number of aliphatic hydroxyl groups excluding tert-OH is 1. The molecule has 0 aliphatic heterocycles. The number of carbonyl (C=O) groups excluding carboxylic acids is 2. The molecule has 0 radical (unpaired) electrons. The number of rotatable bonds is 7. The van der Waals surface area contributed by atoms with Gasteiger partial charge in [0.05, 0.1) is 19.1 Å². The summed E-state index contributed by atoms with van der Waals surface area (Å²) in [5.74, 6) is -1.61. The van der Waals surface area contributed by atoms with Crippen molar-refractivity contribution in [3.63, 3.8) is 0 Å². The van der Waals surface area contributed by atoms with Crippen molar-refractivity contribution in [3.8, 4) is 0 Å². The number of ketones is 2. The maximum atomic E-state index is 12.4. The van der Waals surface area contributed by atoms with Gasteiger partial charge in [-0.15, -0.1) is 0 Å². The van der Waals surface area contributed by atoms with Crippen molar-refractivity contribution >= 4 is 11.6 Å². The van der Waals surface area contributed by atoms with Crippen LogP contribution in [-0.4, -0.2) is 35.5 Å². The van der Waals surface area contributed by atoms with E-state index < -0.39 is 23.8 Å². The highest BCUT2D eigenvalue weighted by molar-refractivity contribution is 6.21. The van der Waals surface area contributed by atoms with Crippen molar-refractivity contribution in [2.24, 2.45) is 0 Å². The van der Waals surface area contributed by atoms with Crippen LogP contribution in [0.1, 0.15) is 28.0 Å². The van der Waals surface area contributed by atoms with E-state index in [1.165, 1.54) is 36.8 Å².